The number of hydrogen-bond acceptors (Lipinski definition) is 4. The summed E-state index contributed by atoms with van der Waals surface area (Å²) in [5.74, 6) is -1.44. The highest BCUT2D eigenvalue weighted by atomic mass is 32.1. The molecule has 2 N–H and O–H groups in total. The van der Waals surface area contributed by atoms with Crippen LogP contribution >= 0.6 is 11.3 Å². The standard InChI is InChI=1S/C18H17N3O2S/c19-10-14-13-8-4-5-9-15(13)24-18(14)21-17(23)16(22)20-11-12-6-2-1-3-7-12/h1-3,6-7H,4-5,8-9,11H2,(H,20,22)(H,21,23). The Bertz CT molecular complexity index is 806. The van der Waals surface area contributed by atoms with E-state index >= 15 is 0 Å². The number of anilines is 1. The molecule has 0 unspecified atom stereocenters. The van der Waals surface area contributed by atoms with Gasteiger partial charge in [0.1, 0.15) is 11.1 Å². The summed E-state index contributed by atoms with van der Waals surface area (Å²) in [6.45, 7) is 0.291. The van der Waals surface area contributed by atoms with Gasteiger partial charge in [0.15, 0.2) is 0 Å². The summed E-state index contributed by atoms with van der Waals surface area (Å²) >= 11 is 1.41. The first-order valence-electron chi connectivity index (χ1n) is 7.87. The van der Waals surface area contributed by atoms with Crippen molar-refractivity contribution in [3.05, 3.63) is 51.9 Å². The predicted octanol–water partition coefficient (Wildman–Crippen LogP) is 2.75. The van der Waals surface area contributed by atoms with Crippen LogP contribution in [-0.2, 0) is 29.0 Å². The number of fused-ring (bicyclic) bond motifs is 1. The molecule has 5 nitrogen and oxygen atoms in total. The topological polar surface area (TPSA) is 82.0 Å². The number of rotatable bonds is 3. The Labute approximate surface area is 144 Å². The number of amides is 2. The Morgan fingerprint density at radius 2 is 1.88 bits per heavy atom. The van der Waals surface area contributed by atoms with Gasteiger partial charge >= 0.3 is 11.8 Å². The molecule has 1 heterocycles. The largest absolute Gasteiger partial charge is 0.344 e. The van der Waals surface area contributed by atoms with Gasteiger partial charge in [0.2, 0.25) is 0 Å². The SMILES string of the molecule is N#Cc1c(NC(=O)C(=O)NCc2ccccc2)sc2c1CCCC2. The highest BCUT2D eigenvalue weighted by Gasteiger charge is 2.23. The lowest BCUT2D eigenvalue weighted by molar-refractivity contribution is -0.136. The van der Waals surface area contributed by atoms with E-state index in [4.69, 9.17) is 0 Å². The number of thiophene rings is 1. The first-order chi connectivity index (χ1) is 11.7. The van der Waals surface area contributed by atoms with Crippen LogP contribution in [0, 0.1) is 11.3 Å². The molecule has 1 aliphatic carbocycles. The number of aryl methyl sites for hydroxylation is 1. The Hall–Kier alpha value is -2.65. The van der Waals surface area contributed by atoms with Crippen molar-refractivity contribution >= 4 is 28.2 Å². The zero-order valence-electron chi connectivity index (χ0n) is 13.1. The summed E-state index contributed by atoms with van der Waals surface area (Å²) in [6.07, 6.45) is 3.96. The molecule has 0 saturated heterocycles. The number of carbonyl (C=O) groups is 2. The van der Waals surface area contributed by atoms with Crippen LogP contribution in [-0.4, -0.2) is 11.8 Å². The highest BCUT2D eigenvalue weighted by molar-refractivity contribution is 7.16. The Balaban J connectivity index is 1.65. The van der Waals surface area contributed by atoms with E-state index in [1.54, 1.807) is 0 Å². The van der Waals surface area contributed by atoms with E-state index in [0.717, 1.165) is 41.7 Å². The number of benzene rings is 1. The van der Waals surface area contributed by atoms with Crippen LogP contribution in [0.3, 0.4) is 0 Å². The normalized spacial score (nSPS) is 12.8. The third kappa shape index (κ3) is 3.47. The van der Waals surface area contributed by atoms with Gasteiger partial charge in [-0.1, -0.05) is 30.3 Å². The minimum Gasteiger partial charge on any atom is -0.344 e. The lowest BCUT2D eigenvalue weighted by atomic mass is 9.96. The van der Waals surface area contributed by atoms with Crippen molar-refractivity contribution in [1.29, 1.82) is 5.26 Å². The zero-order chi connectivity index (χ0) is 16.9. The summed E-state index contributed by atoms with van der Waals surface area (Å²) in [5.41, 5.74) is 2.47. The van der Waals surface area contributed by atoms with Crippen molar-refractivity contribution in [3.8, 4) is 6.07 Å². The second kappa shape index (κ2) is 7.28. The summed E-state index contributed by atoms with van der Waals surface area (Å²) < 4.78 is 0. The Kier molecular flexibility index (Phi) is 4.92. The molecule has 122 valence electrons. The summed E-state index contributed by atoms with van der Waals surface area (Å²) in [6, 6.07) is 11.6. The van der Waals surface area contributed by atoms with Crippen LogP contribution in [0.15, 0.2) is 30.3 Å². The van der Waals surface area contributed by atoms with Gasteiger partial charge in [-0.3, -0.25) is 9.59 Å². The van der Waals surface area contributed by atoms with Gasteiger partial charge in [0.05, 0.1) is 5.56 Å². The van der Waals surface area contributed by atoms with Crippen molar-refractivity contribution < 1.29 is 9.59 Å². The third-order valence-electron chi connectivity index (χ3n) is 4.01. The molecule has 0 atom stereocenters. The summed E-state index contributed by atoms with van der Waals surface area (Å²) in [4.78, 5) is 25.2. The van der Waals surface area contributed by atoms with Crippen LogP contribution in [0.25, 0.3) is 0 Å². The number of hydrogen-bond donors (Lipinski definition) is 2. The van der Waals surface area contributed by atoms with E-state index in [1.807, 2.05) is 30.3 Å². The maximum atomic E-state index is 12.1. The monoisotopic (exact) mass is 339 g/mol. The van der Waals surface area contributed by atoms with E-state index < -0.39 is 11.8 Å². The van der Waals surface area contributed by atoms with Crippen LogP contribution in [0.5, 0.6) is 0 Å². The molecular weight excluding hydrogens is 322 g/mol. The minimum absolute atomic E-state index is 0.291. The maximum absolute atomic E-state index is 12.1. The average molecular weight is 339 g/mol. The van der Waals surface area contributed by atoms with Crippen LogP contribution < -0.4 is 10.6 Å². The lowest BCUT2D eigenvalue weighted by Crippen LogP contribution is -2.34. The quantitative estimate of drug-likeness (QED) is 0.844. The Morgan fingerprint density at radius 1 is 1.12 bits per heavy atom. The van der Waals surface area contributed by atoms with E-state index in [9.17, 15) is 14.9 Å². The van der Waals surface area contributed by atoms with E-state index in [2.05, 4.69) is 16.7 Å². The molecule has 1 aromatic heterocycles. The molecule has 1 aromatic carbocycles. The number of carbonyl (C=O) groups excluding carboxylic acids is 2. The molecule has 0 aliphatic heterocycles. The first-order valence-corrected chi connectivity index (χ1v) is 8.68. The fourth-order valence-electron chi connectivity index (χ4n) is 2.79. The molecule has 0 saturated carbocycles. The van der Waals surface area contributed by atoms with Gasteiger partial charge in [0.25, 0.3) is 0 Å². The Morgan fingerprint density at radius 3 is 2.62 bits per heavy atom. The van der Waals surface area contributed by atoms with Crippen molar-refractivity contribution in [1.82, 2.24) is 5.32 Å². The molecule has 0 radical (unpaired) electrons. The van der Waals surface area contributed by atoms with E-state index in [-0.39, 0.29) is 0 Å². The summed E-state index contributed by atoms with van der Waals surface area (Å²) in [7, 11) is 0. The lowest BCUT2D eigenvalue weighted by Gasteiger charge is -2.09. The summed E-state index contributed by atoms with van der Waals surface area (Å²) in [5, 5.41) is 15.1. The van der Waals surface area contributed by atoms with Gasteiger partial charge < -0.3 is 10.6 Å². The molecule has 0 spiro atoms. The van der Waals surface area contributed by atoms with Gasteiger partial charge in [0, 0.05) is 11.4 Å². The van der Waals surface area contributed by atoms with Crippen LogP contribution in [0.2, 0.25) is 0 Å². The highest BCUT2D eigenvalue weighted by Crippen LogP contribution is 2.37. The minimum atomic E-state index is -0.735. The van der Waals surface area contributed by atoms with Crippen molar-refractivity contribution in [3.63, 3.8) is 0 Å². The average Bonchev–Trinajstić information content (AvgIpc) is 2.97. The number of nitrogens with zero attached hydrogens (tertiary/aromatic N) is 1. The molecule has 6 heteroatoms. The van der Waals surface area contributed by atoms with E-state index in [1.165, 1.54) is 11.3 Å². The fourth-order valence-corrected chi connectivity index (χ4v) is 4.03. The van der Waals surface area contributed by atoms with Gasteiger partial charge in [-0.15, -0.1) is 11.3 Å². The smallest absolute Gasteiger partial charge is 0.314 e. The van der Waals surface area contributed by atoms with E-state index in [0.29, 0.717) is 17.1 Å². The van der Waals surface area contributed by atoms with Gasteiger partial charge in [-0.05, 0) is 36.8 Å². The van der Waals surface area contributed by atoms with Gasteiger partial charge in [-0.2, -0.15) is 5.26 Å². The maximum Gasteiger partial charge on any atom is 0.314 e. The first kappa shape index (κ1) is 16.2. The third-order valence-corrected chi connectivity index (χ3v) is 5.22. The van der Waals surface area contributed by atoms with Gasteiger partial charge in [-0.25, -0.2) is 0 Å². The molecule has 2 aromatic rings. The molecule has 0 bridgehead atoms. The number of nitrogens with one attached hydrogen (secondary N) is 2. The molecule has 1 aliphatic rings. The number of nitriles is 1. The second-order valence-corrected chi connectivity index (χ2v) is 6.75. The fraction of sp³-hybridized carbons (Fsp3) is 0.278. The zero-order valence-corrected chi connectivity index (χ0v) is 13.9. The van der Waals surface area contributed by atoms with Crippen molar-refractivity contribution in [2.45, 2.75) is 32.2 Å². The molecule has 24 heavy (non-hydrogen) atoms. The van der Waals surface area contributed by atoms with Crippen molar-refractivity contribution in [2.75, 3.05) is 5.32 Å². The second-order valence-electron chi connectivity index (χ2n) is 5.65. The molecule has 0 fully saturated rings. The van der Waals surface area contributed by atoms with Crippen molar-refractivity contribution in [2.24, 2.45) is 0 Å². The van der Waals surface area contributed by atoms with Crippen LogP contribution in [0.1, 0.15) is 34.4 Å². The molecule has 2 amide bonds. The molecule has 3 rings (SSSR count). The van der Waals surface area contributed by atoms with Crippen LogP contribution in [0.4, 0.5) is 5.00 Å². The predicted molar refractivity (Wildman–Crippen MR) is 92.6 cm³/mol. The molecular formula is C18H17N3O2S.